The highest BCUT2D eigenvalue weighted by Crippen LogP contribution is 2.30. The van der Waals surface area contributed by atoms with Crippen LogP contribution in [0.15, 0.2) is 108 Å². The summed E-state index contributed by atoms with van der Waals surface area (Å²) in [7, 11) is -4.21. The number of hydrogen-bond acceptors (Lipinski definition) is 6. The van der Waals surface area contributed by atoms with E-state index in [0.717, 1.165) is 9.87 Å². The van der Waals surface area contributed by atoms with Crippen LogP contribution < -0.4 is 14.2 Å². The zero-order chi connectivity index (χ0) is 25.0. The highest BCUT2D eigenvalue weighted by Gasteiger charge is 2.32. The van der Waals surface area contributed by atoms with Crippen molar-refractivity contribution in [1.82, 2.24) is 4.31 Å². The van der Waals surface area contributed by atoms with Gasteiger partial charge in [0.05, 0.1) is 18.0 Å². The van der Waals surface area contributed by atoms with Gasteiger partial charge in [-0.1, -0.05) is 48.5 Å². The molecule has 0 saturated carbocycles. The van der Waals surface area contributed by atoms with E-state index < -0.39 is 16.1 Å². The van der Waals surface area contributed by atoms with Crippen LogP contribution in [0.1, 0.15) is 11.1 Å². The van der Waals surface area contributed by atoms with Crippen molar-refractivity contribution in [3.63, 3.8) is 0 Å². The lowest BCUT2D eigenvalue weighted by Crippen LogP contribution is -2.38. The maximum Gasteiger partial charge on any atom is 0.429 e. The minimum absolute atomic E-state index is 0.00578. The number of para-hydroxylation sites is 1. The van der Waals surface area contributed by atoms with E-state index in [4.69, 9.17) is 14.2 Å². The Balaban J connectivity index is 1.39. The second-order valence-electron chi connectivity index (χ2n) is 8.12. The minimum atomic E-state index is -4.21. The lowest BCUT2D eigenvalue weighted by atomic mass is 10.2. The molecule has 0 unspecified atom stereocenters. The fraction of sp³-hybridized carbons (Fsp3) is 0.107. The van der Waals surface area contributed by atoms with E-state index in [2.05, 4.69) is 0 Å². The van der Waals surface area contributed by atoms with Gasteiger partial charge in [-0.05, 0) is 65.7 Å². The third kappa shape index (κ3) is 5.18. The van der Waals surface area contributed by atoms with Gasteiger partial charge >= 0.3 is 6.09 Å². The molecule has 1 amide bonds. The van der Waals surface area contributed by atoms with Gasteiger partial charge in [-0.2, -0.15) is 4.31 Å². The van der Waals surface area contributed by atoms with Gasteiger partial charge in [0.1, 0.15) is 23.0 Å². The lowest BCUT2D eigenvalue weighted by Gasteiger charge is -2.22. The van der Waals surface area contributed by atoms with Gasteiger partial charge in [-0.15, -0.1) is 0 Å². The van der Waals surface area contributed by atoms with Crippen molar-refractivity contribution in [1.29, 1.82) is 0 Å². The van der Waals surface area contributed by atoms with Gasteiger partial charge in [-0.3, -0.25) is 0 Å². The summed E-state index contributed by atoms with van der Waals surface area (Å²) in [4.78, 5) is 13.2. The van der Waals surface area contributed by atoms with Crippen molar-refractivity contribution in [2.24, 2.45) is 0 Å². The smallest absolute Gasteiger partial charge is 0.429 e. The molecule has 0 N–H and O–H groups in total. The van der Waals surface area contributed by atoms with Crippen LogP contribution in [0, 0.1) is 0 Å². The SMILES string of the molecule is O=C(Oc1ccc(Oc2ccccc2)cc1)N(Cc1ccccc1)S(=O)(=O)c1ccc2c(c1)CCO2. The molecular formula is C28H23NO6S. The highest BCUT2D eigenvalue weighted by atomic mass is 32.2. The van der Waals surface area contributed by atoms with Gasteiger partial charge < -0.3 is 14.2 Å². The Bertz CT molecular complexity index is 1460. The minimum Gasteiger partial charge on any atom is -0.493 e. The van der Waals surface area contributed by atoms with Gasteiger partial charge in [0, 0.05) is 6.42 Å². The number of carbonyl (C=O) groups excluding carboxylic acids is 1. The molecule has 7 nitrogen and oxygen atoms in total. The van der Waals surface area contributed by atoms with Gasteiger partial charge in [0.2, 0.25) is 0 Å². The zero-order valence-electron chi connectivity index (χ0n) is 19.2. The molecule has 5 rings (SSSR count). The molecule has 0 fully saturated rings. The number of fused-ring (bicyclic) bond motifs is 1. The monoisotopic (exact) mass is 501 g/mol. The molecule has 8 heteroatoms. The quantitative estimate of drug-likeness (QED) is 0.318. The number of ether oxygens (including phenoxy) is 3. The predicted molar refractivity (Wildman–Crippen MR) is 134 cm³/mol. The fourth-order valence-electron chi connectivity index (χ4n) is 3.80. The van der Waals surface area contributed by atoms with E-state index in [9.17, 15) is 13.2 Å². The first-order valence-corrected chi connectivity index (χ1v) is 12.8. The number of sulfonamides is 1. The maximum absolute atomic E-state index is 13.6. The van der Waals surface area contributed by atoms with Gasteiger partial charge in [0.25, 0.3) is 10.0 Å². The van der Waals surface area contributed by atoms with Crippen molar-refractivity contribution in [2.75, 3.05) is 6.61 Å². The first-order valence-electron chi connectivity index (χ1n) is 11.4. The second kappa shape index (κ2) is 10.1. The van der Waals surface area contributed by atoms with E-state index in [1.807, 2.05) is 36.4 Å². The molecule has 4 aromatic rings. The zero-order valence-corrected chi connectivity index (χ0v) is 20.1. The Morgan fingerprint density at radius 3 is 2.17 bits per heavy atom. The Morgan fingerprint density at radius 2 is 1.44 bits per heavy atom. The van der Waals surface area contributed by atoms with Gasteiger partial charge in [-0.25, -0.2) is 13.2 Å². The van der Waals surface area contributed by atoms with Crippen LogP contribution in [-0.2, 0) is 23.0 Å². The van der Waals surface area contributed by atoms with Crippen LogP contribution in [0.25, 0.3) is 0 Å². The third-order valence-corrected chi connectivity index (χ3v) is 7.34. The van der Waals surface area contributed by atoms with Crippen LogP contribution in [-0.4, -0.2) is 25.4 Å². The summed E-state index contributed by atoms with van der Waals surface area (Å²) in [6, 6.07) is 29.2. The molecule has 0 bridgehead atoms. The van der Waals surface area contributed by atoms with E-state index in [0.29, 0.717) is 35.8 Å². The largest absolute Gasteiger partial charge is 0.493 e. The molecule has 0 saturated heterocycles. The fourth-order valence-corrected chi connectivity index (χ4v) is 5.14. The number of hydrogen-bond donors (Lipinski definition) is 0. The van der Waals surface area contributed by atoms with Crippen molar-refractivity contribution in [3.8, 4) is 23.0 Å². The first-order chi connectivity index (χ1) is 17.5. The Hall–Kier alpha value is -4.30. The molecule has 1 aliphatic heterocycles. The number of rotatable bonds is 7. The standard InChI is InChI=1S/C28H23NO6S/c30-28(35-25-13-11-24(12-14-25)34-23-9-5-2-6-10-23)29(20-21-7-3-1-4-8-21)36(31,32)26-15-16-27-22(19-26)17-18-33-27/h1-16,19H,17-18,20H2. The predicted octanol–water partition coefficient (Wildman–Crippen LogP) is 5.80. The van der Waals surface area contributed by atoms with Crippen molar-refractivity contribution in [3.05, 3.63) is 114 Å². The lowest BCUT2D eigenvalue weighted by molar-refractivity contribution is 0.177. The summed E-state index contributed by atoms with van der Waals surface area (Å²) in [6.07, 6.45) is -0.397. The number of benzene rings is 4. The Morgan fingerprint density at radius 1 is 0.806 bits per heavy atom. The van der Waals surface area contributed by atoms with Crippen LogP contribution >= 0.6 is 0 Å². The highest BCUT2D eigenvalue weighted by molar-refractivity contribution is 7.89. The van der Waals surface area contributed by atoms with Crippen LogP contribution in [0.3, 0.4) is 0 Å². The molecule has 4 aromatic carbocycles. The van der Waals surface area contributed by atoms with Crippen LogP contribution in [0.2, 0.25) is 0 Å². The Kier molecular flexibility index (Phi) is 6.60. The second-order valence-corrected chi connectivity index (χ2v) is 9.98. The van der Waals surface area contributed by atoms with E-state index >= 15 is 0 Å². The summed E-state index contributed by atoms with van der Waals surface area (Å²) in [5.74, 6) is 2.07. The number of amides is 1. The third-order valence-electron chi connectivity index (χ3n) is 5.63. The molecule has 1 heterocycles. The summed E-state index contributed by atoms with van der Waals surface area (Å²) in [6.45, 7) is 0.323. The van der Waals surface area contributed by atoms with Crippen molar-refractivity contribution >= 4 is 16.1 Å². The van der Waals surface area contributed by atoms with E-state index in [-0.39, 0.29) is 17.2 Å². The van der Waals surface area contributed by atoms with E-state index in [1.54, 1.807) is 60.7 Å². The Labute approximate surface area is 209 Å². The molecule has 182 valence electrons. The molecule has 0 aromatic heterocycles. The average Bonchev–Trinajstić information content (AvgIpc) is 3.38. The molecule has 1 aliphatic rings. The van der Waals surface area contributed by atoms with Gasteiger partial charge in [0.15, 0.2) is 0 Å². The molecule has 0 spiro atoms. The van der Waals surface area contributed by atoms with E-state index in [1.165, 1.54) is 6.07 Å². The summed E-state index contributed by atoms with van der Waals surface area (Å²) in [5.41, 5.74) is 1.44. The molecule has 0 radical (unpaired) electrons. The summed E-state index contributed by atoms with van der Waals surface area (Å²) < 4.78 is 44.6. The van der Waals surface area contributed by atoms with Crippen molar-refractivity contribution in [2.45, 2.75) is 17.9 Å². The number of nitrogens with zero attached hydrogens (tertiary/aromatic N) is 1. The topological polar surface area (TPSA) is 82.1 Å². The van der Waals surface area contributed by atoms with Crippen LogP contribution in [0.4, 0.5) is 4.79 Å². The summed E-state index contributed by atoms with van der Waals surface area (Å²) in [5, 5.41) is 0. The van der Waals surface area contributed by atoms with Crippen molar-refractivity contribution < 1.29 is 27.4 Å². The van der Waals surface area contributed by atoms with Crippen LogP contribution in [0.5, 0.6) is 23.0 Å². The molecule has 0 atom stereocenters. The molecular weight excluding hydrogens is 478 g/mol. The average molecular weight is 502 g/mol. The maximum atomic E-state index is 13.6. The summed E-state index contributed by atoms with van der Waals surface area (Å²) >= 11 is 0. The number of carbonyl (C=O) groups is 1. The molecule has 0 aliphatic carbocycles. The normalized spacial score (nSPS) is 12.3. The molecule has 36 heavy (non-hydrogen) atoms. The first kappa shape index (κ1) is 23.4.